The Kier molecular flexibility index (Phi) is 17.8. The van der Waals surface area contributed by atoms with Crippen molar-refractivity contribution in [2.75, 3.05) is 13.2 Å². The highest BCUT2D eigenvalue weighted by molar-refractivity contribution is 5.96. The standard InChI is InChI=1S/C48H60N10O7/c1-4-6-8-23-40(58-48(64)65-28-36-34-19-11-9-17-32(34)33-18-10-12-20-35(33)36)44(61)54-29(3)43(60)57-41(26-30-27-53-37-22-14-13-16-31(30)37)46(63)56-39(24-15-25-52-47(50)51)45(62)55-38(42(49)59)21-7-5-2/h5-14,16-20,22,27,29,36,38-41,53H,4,15,21,23-26,28H2,1-3H3,(H2,49,59)(H,54,61)(H,55,62)(H,56,63)(H,57,60)(H,58,64)(H4,50,51,52)/b7-5+,8-6+/t29-,38-,39-,40-,41-/m0/s1. The number of nitrogens with zero attached hydrogens (tertiary/aromatic N) is 1. The van der Waals surface area contributed by atoms with Gasteiger partial charge < -0.3 is 53.5 Å². The lowest BCUT2D eigenvalue weighted by Gasteiger charge is -2.26. The maximum absolute atomic E-state index is 14.3. The first-order valence-electron chi connectivity index (χ1n) is 21.8. The Morgan fingerprint density at radius 2 is 1.32 bits per heavy atom. The minimum absolute atomic E-state index is 0.0103. The maximum Gasteiger partial charge on any atom is 0.407 e. The Morgan fingerprint density at radius 3 is 1.98 bits per heavy atom. The quantitative estimate of drug-likeness (QED) is 0.0228. The molecule has 12 N–H and O–H groups in total. The molecule has 0 saturated heterocycles. The lowest BCUT2D eigenvalue weighted by atomic mass is 9.98. The van der Waals surface area contributed by atoms with E-state index in [4.69, 9.17) is 21.9 Å². The van der Waals surface area contributed by atoms with Crippen LogP contribution in [0.3, 0.4) is 0 Å². The van der Waals surface area contributed by atoms with Gasteiger partial charge in [-0.15, -0.1) is 0 Å². The number of hydrogen-bond donors (Lipinski definition) is 9. The average Bonchev–Trinajstić information content (AvgIpc) is 3.85. The van der Waals surface area contributed by atoms with Gasteiger partial charge >= 0.3 is 6.09 Å². The van der Waals surface area contributed by atoms with E-state index >= 15 is 0 Å². The van der Waals surface area contributed by atoms with Crippen LogP contribution in [0.25, 0.3) is 22.0 Å². The highest BCUT2D eigenvalue weighted by Gasteiger charge is 2.33. The van der Waals surface area contributed by atoms with Gasteiger partial charge in [0.25, 0.3) is 0 Å². The molecular formula is C48H60N10O7. The van der Waals surface area contributed by atoms with Crippen molar-refractivity contribution in [2.24, 2.45) is 22.2 Å². The number of carbonyl (C=O) groups excluding carboxylic acids is 6. The van der Waals surface area contributed by atoms with Crippen LogP contribution in [-0.4, -0.2) is 89.9 Å². The van der Waals surface area contributed by atoms with E-state index in [2.05, 4.69) is 36.6 Å². The molecule has 0 spiro atoms. The lowest BCUT2D eigenvalue weighted by molar-refractivity contribution is -0.134. The number of ether oxygens (including phenoxy) is 1. The van der Waals surface area contributed by atoms with Crippen LogP contribution in [0.1, 0.15) is 75.5 Å². The Balaban J connectivity index is 1.30. The monoisotopic (exact) mass is 888 g/mol. The molecule has 3 aromatic carbocycles. The Bertz CT molecular complexity index is 2360. The molecule has 1 aliphatic carbocycles. The van der Waals surface area contributed by atoms with Crippen LogP contribution in [0, 0.1) is 0 Å². The lowest BCUT2D eigenvalue weighted by Crippen LogP contribution is -2.59. The maximum atomic E-state index is 14.3. The fourth-order valence-corrected chi connectivity index (χ4v) is 7.65. The van der Waals surface area contributed by atoms with Gasteiger partial charge in [0.1, 0.15) is 36.8 Å². The molecule has 344 valence electrons. The number of primary amides is 1. The first kappa shape index (κ1) is 48.6. The number of aliphatic imine (C=N–C) groups is 1. The predicted octanol–water partition coefficient (Wildman–Crippen LogP) is 3.44. The number of para-hydroxylation sites is 1. The molecule has 0 aliphatic heterocycles. The largest absolute Gasteiger partial charge is 0.449 e. The van der Waals surface area contributed by atoms with E-state index in [0.29, 0.717) is 12.0 Å². The summed E-state index contributed by atoms with van der Waals surface area (Å²) in [5.74, 6) is -3.86. The van der Waals surface area contributed by atoms with Crippen LogP contribution in [0.4, 0.5) is 4.79 Å². The second-order valence-corrected chi connectivity index (χ2v) is 15.8. The molecule has 0 fully saturated rings. The van der Waals surface area contributed by atoms with Crippen molar-refractivity contribution >= 4 is 52.5 Å². The van der Waals surface area contributed by atoms with E-state index in [-0.39, 0.29) is 57.1 Å². The van der Waals surface area contributed by atoms with Crippen molar-refractivity contribution in [2.45, 2.75) is 95.4 Å². The van der Waals surface area contributed by atoms with E-state index in [1.807, 2.05) is 85.8 Å². The number of H-pyrrole nitrogens is 1. The molecule has 4 aromatic rings. The first-order chi connectivity index (χ1) is 31.3. The van der Waals surface area contributed by atoms with E-state index in [1.165, 1.54) is 6.92 Å². The van der Waals surface area contributed by atoms with Crippen molar-refractivity contribution in [1.82, 2.24) is 31.6 Å². The number of benzene rings is 3. The molecule has 1 heterocycles. The summed E-state index contributed by atoms with van der Waals surface area (Å²) in [7, 11) is 0. The third kappa shape index (κ3) is 13.5. The zero-order chi connectivity index (χ0) is 46.9. The number of alkyl carbamates (subject to hydrolysis) is 1. The van der Waals surface area contributed by atoms with Gasteiger partial charge in [0.15, 0.2) is 5.96 Å². The summed E-state index contributed by atoms with van der Waals surface area (Å²) < 4.78 is 5.73. The number of amides is 6. The normalized spacial score (nSPS) is 14.3. The summed E-state index contributed by atoms with van der Waals surface area (Å²) in [6.45, 7) is 5.34. The molecule has 0 saturated carbocycles. The van der Waals surface area contributed by atoms with Crippen LogP contribution in [0.2, 0.25) is 0 Å². The molecule has 17 nitrogen and oxygen atoms in total. The van der Waals surface area contributed by atoms with Crippen LogP contribution in [0.5, 0.6) is 0 Å². The van der Waals surface area contributed by atoms with Crippen molar-refractivity contribution in [3.63, 3.8) is 0 Å². The zero-order valence-electron chi connectivity index (χ0n) is 37.0. The summed E-state index contributed by atoms with van der Waals surface area (Å²) in [5, 5.41) is 14.3. The number of rotatable bonds is 23. The number of allylic oxidation sites excluding steroid dienone is 2. The minimum Gasteiger partial charge on any atom is -0.449 e. The number of aromatic amines is 1. The molecule has 1 aliphatic rings. The van der Waals surface area contributed by atoms with Crippen molar-refractivity contribution in [1.29, 1.82) is 0 Å². The van der Waals surface area contributed by atoms with Gasteiger partial charge in [0, 0.05) is 36.0 Å². The van der Waals surface area contributed by atoms with Gasteiger partial charge in [-0.05, 0) is 79.8 Å². The summed E-state index contributed by atoms with van der Waals surface area (Å²) >= 11 is 0. The number of nitrogens with two attached hydrogens (primary N) is 3. The second kappa shape index (κ2) is 23.9. The zero-order valence-corrected chi connectivity index (χ0v) is 37.0. The van der Waals surface area contributed by atoms with Crippen molar-refractivity contribution < 1.29 is 33.5 Å². The molecule has 0 unspecified atom stereocenters. The van der Waals surface area contributed by atoms with Gasteiger partial charge in [0.05, 0.1) is 0 Å². The summed E-state index contributed by atoms with van der Waals surface area (Å²) in [6.07, 6.45) is 9.19. The van der Waals surface area contributed by atoms with Crippen molar-refractivity contribution in [3.05, 3.63) is 120 Å². The average molecular weight is 889 g/mol. The second-order valence-electron chi connectivity index (χ2n) is 15.8. The fourth-order valence-electron chi connectivity index (χ4n) is 7.65. The molecule has 65 heavy (non-hydrogen) atoms. The number of hydrogen-bond acceptors (Lipinski definition) is 8. The highest BCUT2D eigenvalue weighted by Crippen LogP contribution is 2.44. The highest BCUT2D eigenvalue weighted by atomic mass is 16.5. The van der Waals surface area contributed by atoms with Crippen LogP contribution in [-0.2, 0) is 35.1 Å². The van der Waals surface area contributed by atoms with Gasteiger partial charge in [0.2, 0.25) is 29.5 Å². The smallest absolute Gasteiger partial charge is 0.407 e. The van der Waals surface area contributed by atoms with Gasteiger partial charge in [-0.1, -0.05) is 98.0 Å². The molecule has 5 rings (SSSR count). The van der Waals surface area contributed by atoms with Gasteiger partial charge in [-0.3, -0.25) is 29.0 Å². The van der Waals surface area contributed by atoms with Crippen LogP contribution < -0.4 is 43.8 Å². The topological polar surface area (TPSA) is 278 Å². The summed E-state index contributed by atoms with van der Waals surface area (Å²) in [4.78, 5) is 88.3. The molecule has 0 radical (unpaired) electrons. The Morgan fingerprint density at radius 1 is 0.723 bits per heavy atom. The summed E-state index contributed by atoms with van der Waals surface area (Å²) in [6, 6.07) is 17.5. The summed E-state index contributed by atoms with van der Waals surface area (Å²) in [5.41, 5.74) is 22.3. The number of aromatic nitrogens is 1. The van der Waals surface area contributed by atoms with E-state index in [1.54, 1.807) is 31.3 Å². The van der Waals surface area contributed by atoms with Crippen LogP contribution in [0.15, 0.2) is 108 Å². The van der Waals surface area contributed by atoms with Crippen molar-refractivity contribution in [3.8, 4) is 11.1 Å². The number of carbonyl (C=O) groups is 6. The Labute approximate surface area is 378 Å². The molecule has 6 amide bonds. The molecule has 17 heteroatoms. The number of guanidine groups is 1. The number of fused-ring (bicyclic) bond motifs is 4. The van der Waals surface area contributed by atoms with Gasteiger partial charge in [-0.2, -0.15) is 0 Å². The first-order valence-corrected chi connectivity index (χ1v) is 21.8. The molecule has 1 aromatic heterocycles. The fraction of sp³-hybridized carbons (Fsp3) is 0.354. The van der Waals surface area contributed by atoms with E-state index in [9.17, 15) is 28.8 Å². The van der Waals surface area contributed by atoms with Crippen LogP contribution >= 0.6 is 0 Å². The molecule has 0 bridgehead atoms. The van der Waals surface area contributed by atoms with E-state index < -0.39 is 65.8 Å². The SMILES string of the molecule is C/C=C/C[C@H](NC(=O)[C@H](CCCN=C(N)N)NC(=O)[C@H](Cc1c[nH]c2ccccc12)NC(=O)[C@H](C)NC(=O)[C@H](C/C=C/CC)NC(=O)OCC1c2ccccc2-c2ccccc21)C(N)=O. The molecular weight excluding hydrogens is 829 g/mol. The van der Waals surface area contributed by atoms with E-state index in [0.717, 1.165) is 33.2 Å². The minimum atomic E-state index is -1.26. The van der Waals surface area contributed by atoms with Gasteiger partial charge in [-0.25, -0.2) is 4.79 Å². The predicted molar refractivity (Wildman–Crippen MR) is 250 cm³/mol. The number of nitrogens with one attached hydrogen (secondary N) is 6. The Hall–Kier alpha value is -7.43. The third-order valence-corrected chi connectivity index (χ3v) is 11.1. The molecule has 5 atom stereocenters. The third-order valence-electron chi connectivity index (χ3n) is 11.1.